The third kappa shape index (κ3) is 10.0. The van der Waals surface area contributed by atoms with Crippen molar-refractivity contribution in [1.29, 1.82) is 0 Å². The first kappa shape index (κ1) is 39.8. The lowest BCUT2D eigenvalue weighted by Crippen LogP contribution is -2.30. The van der Waals surface area contributed by atoms with Gasteiger partial charge in [-0.1, -0.05) is 54.6 Å². The van der Waals surface area contributed by atoms with Crippen molar-refractivity contribution in [2.24, 2.45) is 0 Å². The van der Waals surface area contributed by atoms with Crippen molar-refractivity contribution in [1.82, 2.24) is 10.2 Å². The van der Waals surface area contributed by atoms with Crippen LogP contribution in [0.5, 0.6) is 11.5 Å². The molecule has 5 aromatic rings. The van der Waals surface area contributed by atoms with Crippen molar-refractivity contribution in [2.75, 3.05) is 30.9 Å². The number of carbonyl (C=O) groups excluding carboxylic acids is 4. The second-order valence-electron chi connectivity index (χ2n) is 12.9. The Morgan fingerprint density at radius 1 is 0.946 bits per heavy atom. The van der Waals surface area contributed by atoms with E-state index in [1.807, 2.05) is 24.3 Å². The third-order valence-electron chi connectivity index (χ3n) is 8.92. The average Bonchev–Trinajstić information content (AvgIpc) is 3.56. The lowest BCUT2D eigenvalue weighted by atomic mass is 10.0. The molecule has 1 unspecified atom stereocenters. The van der Waals surface area contributed by atoms with Crippen LogP contribution in [0, 0.1) is 0 Å². The molecule has 2 heterocycles. The largest absolute Gasteiger partial charge is 0.508 e. The number of nitrogens with zero attached hydrogens (tertiary/aromatic N) is 1. The van der Waals surface area contributed by atoms with Crippen molar-refractivity contribution in [2.45, 2.75) is 43.5 Å². The summed E-state index contributed by atoms with van der Waals surface area (Å²) in [5.41, 5.74) is 3.74. The van der Waals surface area contributed by atoms with E-state index in [0.29, 0.717) is 51.0 Å². The van der Waals surface area contributed by atoms with Gasteiger partial charge in [-0.2, -0.15) is 0 Å². The molecule has 0 saturated heterocycles. The summed E-state index contributed by atoms with van der Waals surface area (Å²) in [6, 6.07) is 30.2. The topological polar surface area (TPSA) is 146 Å². The number of phenolic OH excluding ortho intramolecular Hbond substituents is 1. The first-order chi connectivity index (χ1) is 27.1. The Balaban J connectivity index is 1.16. The van der Waals surface area contributed by atoms with Crippen LogP contribution in [0.2, 0.25) is 0 Å². The molecule has 0 spiro atoms. The van der Waals surface area contributed by atoms with Crippen LogP contribution in [-0.4, -0.2) is 59.2 Å². The molecule has 13 heteroatoms. The lowest BCUT2D eigenvalue weighted by molar-refractivity contribution is -0.115. The van der Waals surface area contributed by atoms with Gasteiger partial charge in [-0.15, -0.1) is 23.1 Å². The summed E-state index contributed by atoms with van der Waals surface area (Å²) in [6.45, 7) is 5.98. The molecule has 4 aromatic carbocycles. The van der Waals surface area contributed by atoms with Crippen LogP contribution in [0.3, 0.4) is 0 Å². The minimum absolute atomic E-state index is 0.0182. The standard InChI is InChI=1S/C43H42N4O7S2/c1-4-54-43(52)38-34-20-21-47(25-28-12-7-5-8-13-28)26-37(34)56-42(38)46-39(49)27(2)55-33-17-11-16-31(23-33)44-41(51)35(45-40(50)29-14-9-6-10-15-29)22-30-18-19-32(48)24-36(30)53-3/h5-19,22-24,27,48H,4,20-21,25-26H2,1-3H3,(H,44,51)(H,45,50)(H,46,49)/b35-22+. The van der Waals surface area contributed by atoms with E-state index in [-0.39, 0.29) is 24.0 Å². The molecular formula is C43H42N4O7S2. The summed E-state index contributed by atoms with van der Waals surface area (Å²) in [4.78, 5) is 57.8. The van der Waals surface area contributed by atoms with Gasteiger partial charge in [0.2, 0.25) is 5.91 Å². The average molecular weight is 791 g/mol. The second-order valence-corrected chi connectivity index (χ2v) is 15.4. The highest BCUT2D eigenvalue weighted by molar-refractivity contribution is 8.00. The number of ether oxygens (including phenoxy) is 2. The van der Waals surface area contributed by atoms with Crippen LogP contribution in [-0.2, 0) is 33.8 Å². The second kappa shape index (κ2) is 18.6. The Kier molecular flexibility index (Phi) is 13.2. The summed E-state index contributed by atoms with van der Waals surface area (Å²) in [6.07, 6.45) is 2.13. The summed E-state index contributed by atoms with van der Waals surface area (Å²) in [5, 5.41) is 18.4. The monoisotopic (exact) mass is 790 g/mol. The van der Waals surface area contributed by atoms with Crippen LogP contribution < -0.4 is 20.7 Å². The van der Waals surface area contributed by atoms with Crippen molar-refractivity contribution >= 4 is 63.6 Å². The van der Waals surface area contributed by atoms with Gasteiger partial charge in [0.25, 0.3) is 11.8 Å². The summed E-state index contributed by atoms with van der Waals surface area (Å²) >= 11 is 2.70. The predicted molar refractivity (Wildman–Crippen MR) is 220 cm³/mol. The summed E-state index contributed by atoms with van der Waals surface area (Å²) in [5.74, 6) is -1.54. The zero-order valence-electron chi connectivity index (χ0n) is 31.2. The number of aromatic hydroxyl groups is 1. The number of benzene rings is 4. The number of methoxy groups -OCH3 is 1. The normalized spacial score (nSPS) is 13.2. The number of amides is 3. The Morgan fingerprint density at radius 2 is 1.70 bits per heavy atom. The first-order valence-electron chi connectivity index (χ1n) is 18.0. The highest BCUT2D eigenvalue weighted by Gasteiger charge is 2.30. The number of anilines is 2. The predicted octanol–water partition coefficient (Wildman–Crippen LogP) is 7.73. The molecule has 0 saturated carbocycles. The molecule has 4 N–H and O–H groups in total. The fourth-order valence-corrected chi connectivity index (χ4v) is 8.38. The van der Waals surface area contributed by atoms with Crippen molar-refractivity contribution in [3.63, 3.8) is 0 Å². The molecule has 1 aliphatic rings. The molecule has 11 nitrogen and oxygen atoms in total. The molecule has 56 heavy (non-hydrogen) atoms. The molecule has 0 fully saturated rings. The summed E-state index contributed by atoms with van der Waals surface area (Å²) in [7, 11) is 1.44. The van der Waals surface area contributed by atoms with Crippen LogP contribution in [0.4, 0.5) is 10.7 Å². The highest BCUT2D eigenvalue weighted by Crippen LogP contribution is 2.39. The van der Waals surface area contributed by atoms with Crippen LogP contribution in [0.15, 0.2) is 114 Å². The molecule has 288 valence electrons. The number of phenols is 1. The number of thioether (sulfide) groups is 1. The smallest absolute Gasteiger partial charge is 0.341 e. The van der Waals surface area contributed by atoms with Gasteiger partial charge in [0.05, 0.1) is 24.5 Å². The number of rotatable bonds is 14. The van der Waals surface area contributed by atoms with Gasteiger partial charge < -0.3 is 30.5 Å². The molecule has 6 rings (SSSR count). The number of thiophene rings is 1. The van der Waals surface area contributed by atoms with E-state index in [1.165, 1.54) is 54.0 Å². The van der Waals surface area contributed by atoms with Gasteiger partial charge >= 0.3 is 5.97 Å². The number of nitrogens with one attached hydrogen (secondary N) is 3. The third-order valence-corrected chi connectivity index (χ3v) is 11.1. The molecule has 0 bridgehead atoms. The maximum Gasteiger partial charge on any atom is 0.341 e. The fourth-order valence-electron chi connectivity index (χ4n) is 6.17. The molecule has 1 aliphatic heterocycles. The quantitative estimate of drug-likeness (QED) is 0.0505. The molecular weight excluding hydrogens is 749 g/mol. The van der Waals surface area contributed by atoms with E-state index < -0.39 is 23.0 Å². The number of hydrogen-bond acceptors (Lipinski definition) is 10. The maximum absolute atomic E-state index is 13.7. The maximum atomic E-state index is 13.7. The van der Waals surface area contributed by atoms with E-state index in [1.54, 1.807) is 68.4 Å². The van der Waals surface area contributed by atoms with Crippen molar-refractivity contribution in [3.8, 4) is 11.5 Å². The van der Waals surface area contributed by atoms with Crippen LogP contribution in [0.1, 0.15) is 56.1 Å². The van der Waals surface area contributed by atoms with Gasteiger partial charge in [0.1, 0.15) is 22.2 Å². The van der Waals surface area contributed by atoms with E-state index in [9.17, 15) is 24.3 Å². The molecule has 1 atom stereocenters. The van der Waals surface area contributed by atoms with Crippen molar-refractivity contribution < 1.29 is 33.8 Å². The van der Waals surface area contributed by atoms with Gasteiger partial charge in [-0.3, -0.25) is 19.3 Å². The van der Waals surface area contributed by atoms with E-state index >= 15 is 0 Å². The zero-order valence-corrected chi connectivity index (χ0v) is 32.8. The van der Waals surface area contributed by atoms with E-state index in [0.717, 1.165) is 23.5 Å². The molecule has 1 aromatic heterocycles. The number of hydrogen-bond donors (Lipinski definition) is 4. The Bertz CT molecular complexity index is 2240. The lowest BCUT2D eigenvalue weighted by Gasteiger charge is -2.27. The Hall–Kier alpha value is -5.89. The van der Waals surface area contributed by atoms with Gasteiger partial charge in [-0.05, 0) is 79.9 Å². The minimum atomic E-state index is -0.604. The van der Waals surface area contributed by atoms with Crippen LogP contribution in [0.25, 0.3) is 6.08 Å². The van der Waals surface area contributed by atoms with E-state index in [2.05, 4.69) is 33.0 Å². The molecule has 0 aliphatic carbocycles. The zero-order chi connectivity index (χ0) is 39.6. The first-order valence-corrected chi connectivity index (χ1v) is 19.7. The number of esters is 1. The SMILES string of the molecule is CCOC(=O)c1c(NC(=O)C(C)Sc2cccc(NC(=O)/C(=C\c3ccc(O)cc3OC)NC(=O)c3ccccc3)c2)sc2c1CCN(Cc1ccccc1)C2. The fraction of sp³-hybridized carbons (Fsp3) is 0.209. The Labute approximate surface area is 333 Å². The summed E-state index contributed by atoms with van der Waals surface area (Å²) < 4.78 is 10.8. The molecule has 0 radical (unpaired) electrons. The number of fused-ring (bicyclic) bond motifs is 1. The minimum Gasteiger partial charge on any atom is -0.508 e. The molecule has 3 amide bonds. The van der Waals surface area contributed by atoms with Crippen molar-refractivity contribution in [3.05, 3.63) is 142 Å². The Morgan fingerprint density at radius 3 is 2.43 bits per heavy atom. The highest BCUT2D eigenvalue weighted by atomic mass is 32.2. The number of carbonyl (C=O) groups is 4. The van der Waals surface area contributed by atoms with Gasteiger partial charge in [0, 0.05) is 52.3 Å². The van der Waals surface area contributed by atoms with Gasteiger partial charge in [0.15, 0.2) is 0 Å². The van der Waals surface area contributed by atoms with Gasteiger partial charge in [-0.25, -0.2) is 4.79 Å². The van der Waals surface area contributed by atoms with Crippen LogP contribution >= 0.6 is 23.1 Å². The van der Waals surface area contributed by atoms with E-state index in [4.69, 9.17) is 9.47 Å².